The van der Waals surface area contributed by atoms with Crippen LogP contribution in [0.1, 0.15) is 22.2 Å². The molecule has 1 fully saturated rings. The van der Waals surface area contributed by atoms with Crippen LogP contribution in [0.5, 0.6) is 0 Å². The zero-order valence-electron chi connectivity index (χ0n) is 15.6. The largest absolute Gasteiger partial charge is 0.467 e. The lowest BCUT2D eigenvalue weighted by Gasteiger charge is -2.33. The second-order valence-corrected chi connectivity index (χ2v) is 6.77. The number of anilines is 1. The molecular formula is C20H18ClN3O5. The number of carbonyl (C=O) groups is 1. The predicted molar refractivity (Wildman–Crippen MR) is 106 cm³/mol. The van der Waals surface area contributed by atoms with E-state index in [0.717, 1.165) is 4.68 Å². The number of rotatable bonds is 4. The maximum atomic E-state index is 12.9. The number of aromatic nitrogens is 2. The van der Waals surface area contributed by atoms with E-state index in [2.05, 4.69) is 5.10 Å². The van der Waals surface area contributed by atoms with E-state index in [9.17, 15) is 9.59 Å². The second kappa shape index (κ2) is 8.10. The van der Waals surface area contributed by atoms with Gasteiger partial charge in [-0.05, 0) is 24.3 Å². The summed E-state index contributed by atoms with van der Waals surface area (Å²) in [5.41, 5.74) is 0.496. The van der Waals surface area contributed by atoms with Crippen LogP contribution in [0.15, 0.2) is 58.1 Å². The summed E-state index contributed by atoms with van der Waals surface area (Å²) in [7, 11) is 1.28. The number of methoxy groups -OCH3 is 1. The highest BCUT2D eigenvalue weighted by molar-refractivity contribution is 6.33. The number of halogens is 1. The van der Waals surface area contributed by atoms with Crippen LogP contribution in [0.4, 0.5) is 5.69 Å². The summed E-state index contributed by atoms with van der Waals surface area (Å²) in [6, 6.07) is 10.2. The Bertz CT molecular complexity index is 1080. The first-order valence-electron chi connectivity index (χ1n) is 8.95. The Labute approximate surface area is 171 Å². The van der Waals surface area contributed by atoms with Crippen molar-refractivity contribution in [1.82, 2.24) is 9.78 Å². The van der Waals surface area contributed by atoms with Crippen LogP contribution in [-0.4, -0.2) is 42.6 Å². The van der Waals surface area contributed by atoms with Crippen molar-refractivity contribution in [2.75, 3.05) is 31.7 Å². The molecule has 3 aromatic rings. The summed E-state index contributed by atoms with van der Waals surface area (Å²) in [4.78, 5) is 26.9. The van der Waals surface area contributed by atoms with Crippen molar-refractivity contribution in [2.45, 2.75) is 6.10 Å². The fraction of sp³-hybridized carbons (Fsp3) is 0.250. The van der Waals surface area contributed by atoms with Gasteiger partial charge in [-0.15, -0.1) is 0 Å². The standard InChI is InChI=1S/C20H18ClN3O5/c1-27-20(26)13-5-2-3-6-14(13)24-19(25)18(21)15(11-22-24)23-8-10-29-17(12-23)16-7-4-9-28-16/h2-7,9,11,17H,8,10,12H2,1H3. The number of nitrogens with zero attached hydrogens (tertiary/aromatic N) is 3. The molecule has 1 atom stereocenters. The number of ether oxygens (including phenoxy) is 2. The van der Waals surface area contributed by atoms with Gasteiger partial charge >= 0.3 is 5.97 Å². The van der Waals surface area contributed by atoms with Crippen LogP contribution in [0.2, 0.25) is 5.02 Å². The van der Waals surface area contributed by atoms with E-state index in [-0.39, 0.29) is 16.7 Å². The van der Waals surface area contributed by atoms with Crippen LogP contribution in [-0.2, 0) is 9.47 Å². The molecule has 2 aromatic heterocycles. The lowest BCUT2D eigenvalue weighted by atomic mass is 10.2. The van der Waals surface area contributed by atoms with Gasteiger partial charge in [0.2, 0.25) is 0 Å². The molecule has 0 amide bonds. The van der Waals surface area contributed by atoms with Gasteiger partial charge in [0.25, 0.3) is 5.56 Å². The monoisotopic (exact) mass is 415 g/mol. The third-order valence-corrected chi connectivity index (χ3v) is 5.06. The molecule has 0 saturated carbocycles. The van der Waals surface area contributed by atoms with Gasteiger partial charge in [-0.3, -0.25) is 4.79 Å². The molecule has 8 nitrogen and oxygen atoms in total. The van der Waals surface area contributed by atoms with Crippen LogP contribution in [0.3, 0.4) is 0 Å². The molecule has 1 unspecified atom stereocenters. The van der Waals surface area contributed by atoms with Gasteiger partial charge in [-0.25, -0.2) is 4.79 Å². The smallest absolute Gasteiger partial charge is 0.340 e. The minimum absolute atomic E-state index is 0.0137. The minimum atomic E-state index is -0.566. The maximum Gasteiger partial charge on any atom is 0.340 e. The summed E-state index contributed by atoms with van der Waals surface area (Å²) in [6.07, 6.45) is 2.84. The highest BCUT2D eigenvalue weighted by Crippen LogP contribution is 2.29. The molecule has 3 heterocycles. The number of hydrogen-bond donors (Lipinski definition) is 0. The van der Waals surface area contributed by atoms with Gasteiger partial charge in [0.1, 0.15) is 16.9 Å². The molecule has 29 heavy (non-hydrogen) atoms. The maximum absolute atomic E-state index is 12.9. The Hall–Kier alpha value is -3.10. The Morgan fingerprint density at radius 1 is 1.24 bits per heavy atom. The highest BCUT2D eigenvalue weighted by atomic mass is 35.5. The second-order valence-electron chi connectivity index (χ2n) is 6.39. The molecule has 0 N–H and O–H groups in total. The number of furan rings is 1. The molecule has 1 aliphatic rings. The van der Waals surface area contributed by atoms with Gasteiger partial charge in [-0.2, -0.15) is 9.78 Å². The van der Waals surface area contributed by atoms with E-state index in [1.165, 1.54) is 13.3 Å². The highest BCUT2D eigenvalue weighted by Gasteiger charge is 2.27. The Morgan fingerprint density at radius 3 is 2.83 bits per heavy atom. The van der Waals surface area contributed by atoms with E-state index in [1.807, 2.05) is 11.0 Å². The van der Waals surface area contributed by atoms with Gasteiger partial charge in [-0.1, -0.05) is 23.7 Å². The minimum Gasteiger partial charge on any atom is -0.467 e. The van der Waals surface area contributed by atoms with Crippen molar-refractivity contribution >= 4 is 23.3 Å². The third kappa shape index (κ3) is 3.64. The predicted octanol–water partition coefficient (Wildman–Crippen LogP) is 2.84. The van der Waals surface area contributed by atoms with Crippen molar-refractivity contribution in [3.05, 3.63) is 75.6 Å². The first-order chi connectivity index (χ1) is 14.1. The number of morpholine rings is 1. The number of benzene rings is 1. The van der Waals surface area contributed by atoms with Crippen LogP contribution in [0, 0.1) is 0 Å². The Morgan fingerprint density at radius 2 is 2.07 bits per heavy atom. The molecule has 1 aliphatic heterocycles. The average Bonchev–Trinajstić information content (AvgIpc) is 3.30. The van der Waals surface area contributed by atoms with Crippen molar-refractivity contribution in [3.8, 4) is 5.69 Å². The summed E-state index contributed by atoms with van der Waals surface area (Å²) in [6.45, 7) is 1.48. The summed E-state index contributed by atoms with van der Waals surface area (Å²) < 4.78 is 17.1. The topological polar surface area (TPSA) is 86.8 Å². The Balaban J connectivity index is 1.69. The van der Waals surface area contributed by atoms with Gasteiger partial charge in [0.15, 0.2) is 0 Å². The van der Waals surface area contributed by atoms with E-state index in [1.54, 1.807) is 36.6 Å². The van der Waals surface area contributed by atoms with E-state index >= 15 is 0 Å². The SMILES string of the molecule is COC(=O)c1ccccc1-n1ncc(N2CCOC(c3ccco3)C2)c(Cl)c1=O. The number of hydrogen-bond acceptors (Lipinski definition) is 7. The van der Waals surface area contributed by atoms with Crippen molar-refractivity contribution in [2.24, 2.45) is 0 Å². The molecule has 0 aliphatic carbocycles. The quantitative estimate of drug-likeness (QED) is 0.605. The summed E-state index contributed by atoms with van der Waals surface area (Å²) >= 11 is 6.42. The summed E-state index contributed by atoms with van der Waals surface area (Å²) in [5, 5.41) is 4.27. The molecule has 1 aromatic carbocycles. The van der Waals surface area contributed by atoms with Crippen LogP contribution in [0.25, 0.3) is 5.69 Å². The lowest BCUT2D eigenvalue weighted by Crippen LogP contribution is -2.39. The van der Waals surface area contributed by atoms with Crippen LogP contribution >= 0.6 is 11.6 Å². The zero-order chi connectivity index (χ0) is 20.4. The first kappa shape index (κ1) is 19.2. The van der Waals surface area contributed by atoms with Gasteiger partial charge < -0.3 is 18.8 Å². The number of carbonyl (C=O) groups excluding carboxylic acids is 1. The van der Waals surface area contributed by atoms with E-state index in [4.69, 9.17) is 25.5 Å². The first-order valence-corrected chi connectivity index (χ1v) is 9.33. The zero-order valence-corrected chi connectivity index (χ0v) is 16.3. The normalized spacial score (nSPS) is 16.6. The fourth-order valence-electron chi connectivity index (χ4n) is 3.27. The molecule has 1 saturated heterocycles. The third-order valence-electron chi connectivity index (χ3n) is 4.71. The van der Waals surface area contributed by atoms with Gasteiger partial charge in [0.05, 0.1) is 49.7 Å². The molecule has 0 bridgehead atoms. The molecule has 0 spiro atoms. The summed E-state index contributed by atoms with van der Waals surface area (Å²) in [5.74, 6) is 0.142. The lowest BCUT2D eigenvalue weighted by molar-refractivity contribution is 0.0257. The van der Waals surface area contributed by atoms with Crippen molar-refractivity contribution in [1.29, 1.82) is 0 Å². The van der Waals surface area contributed by atoms with Crippen LogP contribution < -0.4 is 10.5 Å². The van der Waals surface area contributed by atoms with E-state index < -0.39 is 11.5 Å². The molecular weight excluding hydrogens is 398 g/mol. The van der Waals surface area contributed by atoms with E-state index in [0.29, 0.717) is 36.8 Å². The number of para-hydroxylation sites is 1. The number of esters is 1. The van der Waals surface area contributed by atoms with Crippen molar-refractivity contribution in [3.63, 3.8) is 0 Å². The molecule has 150 valence electrons. The van der Waals surface area contributed by atoms with Crippen molar-refractivity contribution < 1.29 is 18.7 Å². The Kier molecular flexibility index (Phi) is 5.37. The molecule has 9 heteroatoms. The van der Waals surface area contributed by atoms with Gasteiger partial charge in [0, 0.05) is 6.54 Å². The molecule has 0 radical (unpaired) electrons. The fourth-order valence-corrected chi connectivity index (χ4v) is 3.52. The average molecular weight is 416 g/mol. The molecule has 4 rings (SSSR count).